The van der Waals surface area contributed by atoms with Crippen LogP contribution in [0.5, 0.6) is 0 Å². The van der Waals surface area contributed by atoms with Gasteiger partial charge in [-0.2, -0.15) is 0 Å². The van der Waals surface area contributed by atoms with Crippen molar-refractivity contribution in [2.24, 2.45) is 10.9 Å². The summed E-state index contributed by atoms with van der Waals surface area (Å²) < 4.78 is 33.2. The number of ether oxygens (including phenoxy) is 2. The molecule has 0 N–H and O–H groups in total. The van der Waals surface area contributed by atoms with Gasteiger partial charge in [-0.25, -0.2) is 0 Å². The molecule has 7 nitrogen and oxygen atoms in total. The van der Waals surface area contributed by atoms with Gasteiger partial charge in [0, 0.05) is 34.1 Å². The number of ketones is 1. The van der Waals surface area contributed by atoms with Gasteiger partial charge in [0.1, 0.15) is 5.76 Å². The number of nitrogens with zero attached hydrogens (tertiary/aromatic N) is 1. The summed E-state index contributed by atoms with van der Waals surface area (Å²) >= 11 is 0. The van der Waals surface area contributed by atoms with E-state index in [0.29, 0.717) is 11.3 Å². The van der Waals surface area contributed by atoms with Crippen molar-refractivity contribution in [2.75, 3.05) is 14.2 Å². The molecule has 0 spiro atoms. The fourth-order valence-corrected chi connectivity index (χ4v) is 2.94. The molecule has 1 aliphatic heterocycles. The zero-order valence-electron chi connectivity index (χ0n) is 15.1. The zero-order valence-corrected chi connectivity index (χ0v) is 16.2. The summed E-state index contributed by atoms with van der Waals surface area (Å²) in [7, 11) is 3.18. The molecule has 2 aliphatic carbocycles. The van der Waals surface area contributed by atoms with Crippen molar-refractivity contribution in [3.05, 3.63) is 66.4 Å². The molecule has 2 atom stereocenters. The first-order chi connectivity index (χ1) is 12.6. The smallest absolute Gasteiger partial charge is 0 e. The Kier molecular flexibility index (Phi) is 12.8. The second kappa shape index (κ2) is 12.9. The van der Waals surface area contributed by atoms with Gasteiger partial charge < -0.3 is 9.47 Å². The molecule has 3 rings (SSSR count). The standard InChI is InChI=1S/C16H17NO3.3CO.Fe/c1-8-9(2)15(18)16(20-4)13-11-7-10(19-3)5-6-12(11)17-14(8)13;3*1-2;/h5-7,11-12H,1-4H3;;;;/t11-,12+;;;;/m1..../s1. The Morgan fingerprint density at radius 1 is 1.00 bits per heavy atom. The molecule has 0 saturated carbocycles. The topological polar surface area (TPSA) is 108 Å². The Labute approximate surface area is 168 Å². The first-order valence-electron chi connectivity index (χ1n) is 7.22. The maximum atomic E-state index is 12.4. The number of methoxy groups -OCH3 is 2. The van der Waals surface area contributed by atoms with E-state index in [4.69, 9.17) is 28.4 Å². The number of allylic oxidation sites excluding steroid dienone is 3. The molecule has 0 aromatic rings. The molecule has 0 radical (unpaired) electrons. The molecule has 0 aromatic carbocycles. The summed E-state index contributed by atoms with van der Waals surface area (Å²) in [6.07, 6.45) is 5.95. The second-order valence-electron chi connectivity index (χ2n) is 5.15. The third-order valence-electron chi connectivity index (χ3n) is 4.19. The Morgan fingerprint density at radius 2 is 1.56 bits per heavy atom. The van der Waals surface area contributed by atoms with E-state index in [9.17, 15) is 4.79 Å². The van der Waals surface area contributed by atoms with E-state index in [-0.39, 0.29) is 34.8 Å². The number of hydrogen-bond donors (Lipinski definition) is 0. The van der Waals surface area contributed by atoms with E-state index in [1.165, 1.54) is 0 Å². The quantitative estimate of drug-likeness (QED) is 0.301. The largest absolute Gasteiger partial charge is 0 e. The predicted molar refractivity (Wildman–Crippen MR) is 88.1 cm³/mol. The zero-order chi connectivity index (χ0) is 20.4. The van der Waals surface area contributed by atoms with Crippen LogP contribution in [-0.2, 0) is 45.3 Å². The maximum absolute atomic E-state index is 12.4. The molecule has 142 valence electrons. The van der Waals surface area contributed by atoms with Crippen LogP contribution in [0.2, 0.25) is 0 Å². The Bertz CT molecular complexity index is 765. The van der Waals surface area contributed by atoms with Crippen LogP contribution in [0, 0.1) is 25.9 Å². The van der Waals surface area contributed by atoms with Gasteiger partial charge in [0.15, 0.2) is 5.76 Å². The van der Waals surface area contributed by atoms with E-state index < -0.39 is 0 Å². The Balaban J connectivity index is 0. The van der Waals surface area contributed by atoms with Gasteiger partial charge in [0.25, 0.3) is 0 Å². The van der Waals surface area contributed by atoms with E-state index in [2.05, 4.69) is 20.0 Å². The number of rotatable bonds is 2. The van der Waals surface area contributed by atoms with Crippen molar-refractivity contribution >= 4 is 11.5 Å². The van der Waals surface area contributed by atoms with Crippen LogP contribution in [0.4, 0.5) is 0 Å². The van der Waals surface area contributed by atoms with E-state index in [1.807, 2.05) is 32.1 Å². The number of carbonyl (C=O) groups excluding carboxylic acids is 1. The first kappa shape index (κ1) is 26.9. The third kappa shape index (κ3) is 5.09. The van der Waals surface area contributed by atoms with Crippen molar-refractivity contribution in [1.82, 2.24) is 0 Å². The summed E-state index contributed by atoms with van der Waals surface area (Å²) in [5.41, 5.74) is 3.44. The first-order valence-corrected chi connectivity index (χ1v) is 7.22. The van der Waals surface area contributed by atoms with Crippen LogP contribution >= 0.6 is 0 Å². The second-order valence-corrected chi connectivity index (χ2v) is 5.15. The molecular formula is C19H17FeNO6. The molecule has 0 fully saturated rings. The summed E-state index contributed by atoms with van der Waals surface area (Å²) in [5.74, 6) is 1.19. The van der Waals surface area contributed by atoms with Gasteiger partial charge in [-0.3, -0.25) is 9.79 Å². The molecule has 3 aliphatic rings. The average Bonchev–Trinajstić information content (AvgIpc) is 3.10. The molecule has 0 aromatic heterocycles. The molecule has 1 heterocycles. The van der Waals surface area contributed by atoms with Gasteiger partial charge in [-0.1, -0.05) is 6.08 Å². The van der Waals surface area contributed by atoms with Crippen molar-refractivity contribution in [2.45, 2.75) is 19.9 Å². The number of carbonyl (C=O) groups is 1. The average molecular weight is 411 g/mol. The summed E-state index contributed by atoms with van der Waals surface area (Å²) in [5, 5.41) is 0. The van der Waals surface area contributed by atoms with Crippen LogP contribution in [0.15, 0.2) is 51.5 Å². The summed E-state index contributed by atoms with van der Waals surface area (Å²) in [6, 6.07) is 0.0256. The SMILES string of the molecule is COC1=C[C@H]2C3=C(OC)C(=O)C(C)=C(C)C3=N[C@H]2C=C1.[C-]#[O+].[C-]#[O+].[C-]#[O+].[Fe]. The number of fused-ring (bicyclic) bond motifs is 3. The van der Waals surface area contributed by atoms with Gasteiger partial charge in [-0.15, -0.1) is 0 Å². The molecular weight excluding hydrogens is 394 g/mol. The minimum Gasteiger partial charge on any atom is 0 e. The van der Waals surface area contributed by atoms with Gasteiger partial charge in [-0.05, 0) is 31.6 Å². The third-order valence-corrected chi connectivity index (χ3v) is 4.19. The van der Waals surface area contributed by atoms with Gasteiger partial charge in [0.05, 0.1) is 26.0 Å². The van der Waals surface area contributed by atoms with Crippen LogP contribution in [0.3, 0.4) is 0 Å². The minimum absolute atomic E-state index is 0. The minimum atomic E-state index is -0.0403. The molecule has 27 heavy (non-hydrogen) atoms. The molecule has 0 saturated heterocycles. The van der Waals surface area contributed by atoms with Crippen LogP contribution in [0.25, 0.3) is 0 Å². The Hall–Kier alpha value is -2.36. The predicted octanol–water partition coefficient (Wildman–Crippen LogP) is 2.23. The van der Waals surface area contributed by atoms with Gasteiger partial charge >= 0.3 is 33.9 Å². The van der Waals surface area contributed by atoms with Crippen molar-refractivity contribution in [1.29, 1.82) is 0 Å². The monoisotopic (exact) mass is 411 g/mol. The van der Waals surface area contributed by atoms with E-state index in [0.717, 1.165) is 22.6 Å². The molecule has 8 heteroatoms. The van der Waals surface area contributed by atoms with Crippen LogP contribution in [-0.4, -0.2) is 31.8 Å². The summed E-state index contributed by atoms with van der Waals surface area (Å²) in [4.78, 5) is 17.1. The molecule has 0 unspecified atom stereocenters. The normalized spacial score (nSPS) is 21.0. The fraction of sp³-hybridized carbons (Fsp3) is 0.316. The molecule has 0 bridgehead atoms. The van der Waals surface area contributed by atoms with E-state index >= 15 is 0 Å². The van der Waals surface area contributed by atoms with Crippen LogP contribution < -0.4 is 0 Å². The fourth-order valence-electron chi connectivity index (χ4n) is 2.94. The number of aliphatic imine (C=N–C) groups is 1. The Morgan fingerprint density at radius 3 is 2.04 bits per heavy atom. The van der Waals surface area contributed by atoms with E-state index in [1.54, 1.807) is 14.2 Å². The van der Waals surface area contributed by atoms with Crippen LogP contribution in [0.1, 0.15) is 13.8 Å². The van der Waals surface area contributed by atoms with Crippen molar-refractivity contribution < 1.29 is 45.3 Å². The van der Waals surface area contributed by atoms with Crippen molar-refractivity contribution in [3.63, 3.8) is 0 Å². The number of Topliss-reactive ketones (excluding diaryl/α,β-unsaturated/α-hetero) is 1. The van der Waals surface area contributed by atoms with Gasteiger partial charge in [0.2, 0.25) is 5.78 Å². The maximum Gasteiger partial charge on any atom is 0 e. The van der Waals surface area contributed by atoms with Crippen molar-refractivity contribution in [3.8, 4) is 0 Å². The summed E-state index contributed by atoms with van der Waals surface area (Å²) in [6.45, 7) is 17.3. The number of hydrogen-bond acceptors (Lipinski definition) is 4. The molecule has 0 amide bonds.